The van der Waals surface area contributed by atoms with Crippen molar-refractivity contribution in [2.75, 3.05) is 12.4 Å². The fourth-order valence-electron chi connectivity index (χ4n) is 2.77. The largest absolute Gasteiger partial charge is 0.378 e. The Bertz CT molecular complexity index is 467. The van der Waals surface area contributed by atoms with E-state index in [1.807, 2.05) is 24.3 Å². The number of halogens is 1. The van der Waals surface area contributed by atoms with E-state index in [1.165, 1.54) is 0 Å². The second kappa shape index (κ2) is 5.92. The normalized spacial score (nSPS) is 26.9. The summed E-state index contributed by atoms with van der Waals surface area (Å²) in [5.74, 6) is -0.348. The van der Waals surface area contributed by atoms with Gasteiger partial charge in [-0.15, -0.1) is 0 Å². The van der Waals surface area contributed by atoms with Crippen molar-refractivity contribution in [3.05, 3.63) is 28.7 Å². The minimum atomic E-state index is -0.812. The molecule has 0 spiro atoms. The molecular formula is C14H19BrN2O2. The van der Waals surface area contributed by atoms with Crippen LogP contribution in [0.5, 0.6) is 0 Å². The Morgan fingerprint density at radius 2 is 2.32 bits per heavy atom. The molecule has 3 N–H and O–H groups in total. The van der Waals surface area contributed by atoms with Crippen LogP contribution < -0.4 is 11.1 Å². The number of nitrogens with two attached hydrogens (primary N) is 1. The number of carbonyl (C=O) groups is 1. The predicted octanol–water partition coefficient (Wildman–Crippen LogP) is 2.67. The maximum atomic E-state index is 12.0. The Labute approximate surface area is 121 Å². The van der Waals surface area contributed by atoms with Gasteiger partial charge in [-0.2, -0.15) is 0 Å². The van der Waals surface area contributed by atoms with Gasteiger partial charge in [-0.1, -0.05) is 34.8 Å². The Morgan fingerprint density at radius 3 is 2.95 bits per heavy atom. The lowest BCUT2D eigenvalue weighted by atomic mass is 9.78. The van der Waals surface area contributed by atoms with Crippen LogP contribution in [0, 0.1) is 0 Å². The average Bonchev–Trinajstić information content (AvgIpc) is 2.39. The Hall–Kier alpha value is -1.07. The number of anilines is 1. The fraction of sp³-hybridized carbons (Fsp3) is 0.500. The van der Waals surface area contributed by atoms with Crippen molar-refractivity contribution in [1.82, 2.24) is 0 Å². The molecule has 1 aromatic carbocycles. The van der Waals surface area contributed by atoms with E-state index in [0.29, 0.717) is 6.42 Å². The van der Waals surface area contributed by atoms with Gasteiger partial charge >= 0.3 is 0 Å². The molecular weight excluding hydrogens is 308 g/mol. The lowest BCUT2D eigenvalue weighted by molar-refractivity contribution is -0.129. The van der Waals surface area contributed by atoms with Crippen LogP contribution in [0.1, 0.15) is 25.7 Å². The van der Waals surface area contributed by atoms with Gasteiger partial charge in [0.2, 0.25) is 5.91 Å². The van der Waals surface area contributed by atoms with Crippen LogP contribution in [0.4, 0.5) is 5.69 Å². The maximum absolute atomic E-state index is 12.0. The zero-order chi connectivity index (χ0) is 13.9. The third-order valence-corrected chi connectivity index (χ3v) is 4.25. The van der Waals surface area contributed by atoms with Crippen molar-refractivity contribution in [2.45, 2.75) is 37.3 Å². The number of carbonyl (C=O) groups excluding carboxylic acids is 1. The first-order valence-corrected chi connectivity index (χ1v) is 7.24. The number of amides is 1. The topological polar surface area (TPSA) is 64.3 Å². The zero-order valence-electron chi connectivity index (χ0n) is 11.0. The summed E-state index contributed by atoms with van der Waals surface area (Å²) in [5, 5.41) is 3.31. The molecule has 4 nitrogen and oxygen atoms in total. The van der Waals surface area contributed by atoms with Gasteiger partial charge < -0.3 is 15.8 Å². The highest BCUT2D eigenvalue weighted by Gasteiger charge is 2.46. The van der Waals surface area contributed by atoms with E-state index in [0.717, 1.165) is 29.4 Å². The number of hydrogen-bond acceptors (Lipinski definition) is 3. The van der Waals surface area contributed by atoms with Crippen LogP contribution in [0.15, 0.2) is 28.7 Å². The van der Waals surface area contributed by atoms with Crippen LogP contribution in [0.25, 0.3) is 0 Å². The fourth-order valence-corrected chi connectivity index (χ4v) is 3.17. The van der Waals surface area contributed by atoms with Crippen LogP contribution in [-0.4, -0.2) is 24.7 Å². The average molecular weight is 327 g/mol. The lowest BCUT2D eigenvalue weighted by Gasteiger charge is -2.42. The molecule has 2 unspecified atom stereocenters. The van der Waals surface area contributed by atoms with Crippen molar-refractivity contribution in [3.63, 3.8) is 0 Å². The molecule has 1 aliphatic rings. The van der Waals surface area contributed by atoms with Crippen LogP contribution in [0.3, 0.4) is 0 Å². The van der Waals surface area contributed by atoms with Gasteiger partial charge in [-0.3, -0.25) is 4.79 Å². The molecule has 0 saturated heterocycles. The molecule has 5 heteroatoms. The summed E-state index contributed by atoms with van der Waals surface area (Å²) in [5.41, 5.74) is 5.72. The van der Waals surface area contributed by atoms with Gasteiger partial charge in [-0.05, 0) is 31.0 Å². The molecule has 1 aliphatic carbocycles. The summed E-state index contributed by atoms with van der Waals surface area (Å²) in [7, 11) is 1.64. The standard InChI is InChI=1S/C14H19BrN2O2/c1-19-12-7-2-3-8-14(12,13(16)18)17-11-6-4-5-10(15)9-11/h4-6,9,12,17H,2-3,7-8H2,1H3,(H2,16,18). The summed E-state index contributed by atoms with van der Waals surface area (Å²) in [6.45, 7) is 0. The molecule has 104 valence electrons. The van der Waals surface area contributed by atoms with E-state index in [2.05, 4.69) is 21.2 Å². The number of rotatable bonds is 4. The molecule has 0 radical (unpaired) electrons. The van der Waals surface area contributed by atoms with Crippen LogP contribution in [0.2, 0.25) is 0 Å². The summed E-state index contributed by atoms with van der Waals surface area (Å²) in [4.78, 5) is 12.0. The van der Waals surface area contributed by atoms with E-state index < -0.39 is 5.54 Å². The van der Waals surface area contributed by atoms with Crippen LogP contribution in [-0.2, 0) is 9.53 Å². The number of benzene rings is 1. The SMILES string of the molecule is COC1CCCCC1(Nc1cccc(Br)c1)C(N)=O. The van der Waals surface area contributed by atoms with Crippen molar-refractivity contribution in [3.8, 4) is 0 Å². The first-order valence-electron chi connectivity index (χ1n) is 6.45. The van der Waals surface area contributed by atoms with Gasteiger partial charge in [0.25, 0.3) is 0 Å². The van der Waals surface area contributed by atoms with Gasteiger partial charge in [0.1, 0.15) is 5.54 Å². The second-order valence-electron chi connectivity index (χ2n) is 4.94. The Kier molecular flexibility index (Phi) is 4.47. The Morgan fingerprint density at radius 1 is 1.53 bits per heavy atom. The Balaban J connectivity index is 2.31. The molecule has 0 aliphatic heterocycles. The molecule has 1 aromatic rings. The van der Waals surface area contributed by atoms with E-state index >= 15 is 0 Å². The molecule has 0 aromatic heterocycles. The van der Waals surface area contributed by atoms with Crippen molar-refractivity contribution >= 4 is 27.5 Å². The van der Waals surface area contributed by atoms with Crippen molar-refractivity contribution in [2.24, 2.45) is 5.73 Å². The number of hydrogen-bond donors (Lipinski definition) is 2. The molecule has 0 bridgehead atoms. The first-order chi connectivity index (χ1) is 9.08. The molecule has 0 heterocycles. The molecule has 1 amide bonds. The smallest absolute Gasteiger partial charge is 0.245 e. The van der Waals surface area contributed by atoms with Gasteiger partial charge in [0, 0.05) is 17.3 Å². The summed E-state index contributed by atoms with van der Waals surface area (Å²) in [6, 6.07) is 7.73. The quantitative estimate of drug-likeness (QED) is 0.894. The number of ether oxygens (including phenoxy) is 1. The van der Waals surface area contributed by atoms with Crippen LogP contribution >= 0.6 is 15.9 Å². The van der Waals surface area contributed by atoms with Gasteiger partial charge in [0.05, 0.1) is 6.10 Å². The van der Waals surface area contributed by atoms with E-state index in [-0.39, 0.29) is 12.0 Å². The highest BCUT2D eigenvalue weighted by atomic mass is 79.9. The number of primary amides is 1. The molecule has 1 fully saturated rings. The third kappa shape index (κ3) is 2.92. The monoisotopic (exact) mass is 326 g/mol. The number of nitrogens with one attached hydrogen (secondary N) is 1. The minimum absolute atomic E-state index is 0.183. The zero-order valence-corrected chi connectivity index (χ0v) is 12.6. The van der Waals surface area contributed by atoms with E-state index in [1.54, 1.807) is 7.11 Å². The highest BCUT2D eigenvalue weighted by Crippen LogP contribution is 2.34. The van der Waals surface area contributed by atoms with Crippen molar-refractivity contribution < 1.29 is 9.53 Å². The molecule has 2 atom stereocenters. The molecule has 19 heavy (non-hydrogen) atoms. The predicted molar refractivity (Wildman–Crippen MR) is 79.0 cm³/mol. The summed E-state index contributed by atoms with van der Waals surface area (Å²) >= 11 is 3.43. The van der Waals surface area contributed by atoms with Gasteiger partial charge in [-0.25, -0.2) is 0 Å². The maximum Gasteiger partial charge on any atom is 0.245 e. The number of methoxy groups -OCH3 is 1. The highest BCUT2D eigenvalue weighted by molar-refractivity contribution is 9.10. The summed E-state index contributed by atoms with van der Waals surface area (Å²) in [6.07, 6.45) is 3.41. The van der Waals surface area contributed by atoms with Gasteiger partial charge in [0.15, 0.2) is 0 Å². The minimum Gasteiger partial charge on any atom is -0.378 e. The van der Waals surface area contributed by atoms with Crippen molar-refractivity contribution in [1.29, 1.82) is 0 Å². The molecule has 2 rings (SSSR count). The third-order valence-electron chi connectivity index (χ3n) is 3.75. The van der Waals surface area contributed by atoms with E-state index in [4.69, 9.17) is 10.5 Å². The summed E-state index contributed by atoms with van der Waals surface area (Å²) < 4.78 is 6.46. The second-order valence-corrected chi connectivity index (χ2v) is 5.86. The van der Waals surface area contributed by atoms with E-state index in [9.17, 15) is 4.79 Å². The first kappa shape index (κ1) is 14.3. The molecule has 1 saturated carbocycles. The lowest BCUT2D eigenvalue weighted by Crippen LogP contribution is -2.60.